The normalized spacial score (nSPS) is 10.5. The van der Waals surface area contributed by atoms with Crippen LogP contribution in [0.4, 0.5) is 0 Å². The van der Waals surface area contributed by atoms with Gasteiger partial charge in [0.1, 0.15) is 0 Å². The summed E-state index contributed by atoms with van der Waals surface area (Å²) >= 11 is 0. The molecule has 0 aromatic carbocycles. The van der Waals surface area contributed by atoms with E-state index in [1.807, 2.05) is 0 Å². The molecule has 1 aromatic heterocycles. The molecule has 1 rings (SSSR count). The van der Waals surface area contributed by atoms with Crippen molar-refractivity contribution < 1.29 is 0 Å². The average molecular weight is 210 g/mol. The number of aryl methyl sites for hydroxylation is 1. The smallest absolute Gasteiger partial charge is 0.303 e. The van der Waals surface area contributed by atoms with Gasteiger partial charge in [0.05, 0.1) is 0 Å². The SMILES string of the molecule is CCCCCCn1c(=O)ccn(C)c1=O. The van der Waals surface area contributed by atoms with Crippen LogP contribution >= 0.6 is 0 Å². The van der Waals surface area contributed by atoms with Crippen molar-refractivity contribution in [2.24, 2.45) is 7.05 Å². The molecule has 0 saturated heterocycles. The zero-order valence-corrected chi connectivity index (χ0v) is 9.40. The van der Waals surface area contributed by atoms with Crippen LogP contribution in [-0.2, 0) is 13.6 Å². The van der Waals surface area contributed by atoms with Crippen molar-refractivity contribution in [2.45, 2.75) is 39.2 Å². The van der Waals surface area contributed by atoms with E-state index in [9.17, 15) is 9.59 Å². The Morgan fingerprint density at radius 2 is 1.93 bits per heavy atom. The second kappa shape index (κ2) is 5.53. The van der Waals surface area contributed by atoms with E-state index in [1.54, 1.807) is 7.05 Å². The summed E-state index contributed by atoms with van der Waals surface area (Å²) in [5, 5.41) is 0. The van der Waals surface area contributed by atoms with E-state index in [2.05, 4.69) is 6.92 Å². The predicted molar refractivity (Wildman–Crippen MR) is 60.1 cm³/mol. The van der Waals surface area contributed by atoms with Gasteiger partial charge in [0.25, 0.3) is 5.56 Å². The van der Waals surface area contributed by atoms with Gasteiger partial charge in [-0.15, -0.1) is 0 Å². The molecule has 0 atom stereocenters. The first-order chi connectivity index (χ1) is 7.16. The highest BCUT2D eigenvalue weighted by atomic mass is 16.2. The lowest BCUT2D eigenvalue weighted by atomic mass is 10.2. The van der Waals surface area contributed by atoms with E-state index in [0.717, 1.165) is 25.7 Å². The number of unbranched alkanes of at least 4 members (excludes halogenated alkanes) is 3. The molecule has 0 unspecified atom stereocenters. The molecule has 1 aromatic rings. The molecule has 1 heterocycles. The lowest BCUT2D eigenvalue weighted by molar-refractivity contribution is 0.533. The van der Waals surface area contributed by atoms with E-state index in [-0.39, 0.29) is 11.2 Å². The van der Waals surface area contributed by atoms with E-state index >= 15 is 0 Å². The summed E-state index contributed by atoms with van der Waals surface area (Å²) in [5.41, 5.74) is -0.423. The predicted octanol–water partition coefficient (Wildman–Crippen LogP) is 1.13. The third kappa shape index (κ3) is 3.08. The number of rotatable bonds is 5. The summed E-state index contributed by atoms with van der Waals surface area (Å²) in [6.45, 7) is 2.67. The number of aromatic nitrogens is 2. The van der Waals surface area contributed by atoms with Crippen molar-refractivity contribution in [3.05, 3.63) is 33.1 Å². The molecule has 0 fully saturated rings. The second-order valence-electron chi connectivity index (χ2n) is 3.76. The Morgan fingerprint density at radius 3 is 2.60 bits per heavy atom. The fraction of sp³-hybridized carbons (Fsp3) is 0.636. The molecule has 0 aliphatic heterocycles. The lowest BCUT2D eigenvalue weighted by Gasteiger charge is -2.05. The Labute approximate surface area is 89.2 Å². The maximum atomic E-state index is 11.6. The Morgan fingerprint density at radius 1 is 1.20 bits per heavy atom. The first-order valence-corrected chi connectivity index (χ1v) is 5.43. The highest BCUT2D eigenvalue weighted by Crippen LogP contribution is 1.98. The molecule has 4 nitrogen and oxygen atoms in total. The van der Waals surface area contributed by atoms with Crippen LogP contribution < -0.4 is 11.2 Å². The molecule has 84 valence electrons. The molecular formula is C11H18N2O2. The Kier molecular flexibility index (Phi) is 4.34. The van der Waals surface area contributed by atoms with Crippen molar-refractivity contribution >= 4 is 0 Å². The van der Waals surface area contributed by atoms with Gasteiger partial charge in [-0.05, 0) is 6.42 Å². The average Bonchev–Trinajstić information content (AvgIpc) is 2.23. The zero-order chi connectivity index (χ0) is 11.3. The standard InChI is InChI=1S/C11H18N2O2/c1-3-4-5-6-8-13-10(14)7-9-12(2)11(13)15/h7,9H,3-6,8H2,1-2H3. The molecule has 0 saturated carbocycles. The molecular weight excluding hydrogens is 192 g/mol. The van der Waals surface area contributed by atoms with Gasteiger partial charge in [-0.3, -0.25) is 9.36 Å². The summed E-state index contributed by atoms with van der Waals surface area (Å²) in [4.78, 5) is 23.0. The Bertz CT molecular complexity index is 417. The van der Waals surface area contributed by atoms with Gasteiger partial charge in [0.2, 0.25) is 0 Å². The molecule has 15 heavy (non-hydrogen) atoms. The summed E-state index contributed by atoms with van der Waals surface area (Å²) in [7, 11) is 1.66. The van der Waals surface area contributed by atoms with Gasteiger partial charge in [0.15, 0.2) is 0 Å². The molecule has 0 N–H and O–H groups in total. The van der Waals surface area contributed by atoms with Crippen LogP contribution in [0.1, 0.15) is 32.6 Å². The van der Waals surface area contributed by atoms with Crippen LogP contribution in [0.5, 0.6) is 0 Å². The van der Waals surface area contributed by atoms with Crippen LogP contribution in [0, 0.1) is 0 Å². The summed E-state index contributed by atoms with van der Waals surface area (Å²) in [5.74, 6) is 0. The molecule has 4 heteroatoms. The summed E-state index contributed by atoms with van der Waals surface area (Å²) in [6, 6.07) is 1.43. The third-order valence-electron chi connectivity index (χ3n) is 2.47. The van der Waals surface area contributed by atoms with E-state index in [0.29, 0.717) is 6.54 Å². The van der Waals surface area contributed by atoms with Crippen LogP contribution in [-0.4, -0.2) is 9.13 Å². The van der Waals surface area contributed by atoms with E-state index < -0.39 is 0 Å². The van der Waals surface area contributed by atoms with Gasteiger partial charge in [-0.1, -0.05) is 26.2 Å². The second-order valence-corrected chi connectivity index (χ2v) is 3.76. The minimum atomic E-state index is -0.223. The first-order valence-electron chi connectivity index (χ1n) is 5.43. The Balaban J connectivity index is 2.72. The highest BCUT2D eigenvalue weighted by Gasteiger charge is 2.01. The number of nitrogens with zero attached hydrogens (tertiary/aromatic N) is 2. The first kappa shape index (κ1) is 11.8. The van der Waals surface area contributed by atoms with Gasteiger partial charge in [0, 0.05) is 25.9 Å². The molecule has 0 radical (unpaired) electrons. The number of hydrogen-bond acceptors (Lipinski definition) is 2. The third-order valence-corrected chi connectivity index (χ3v) is 2.47. The van der Waals surface area contributed by atoms with E-state index in [4.69, 9.17) is 0 Å². The Hall–Kier alpha value is -1.32. The van der Waals surface area contributed by atoms with Gasteiger partial charge in [-0.2, -0.15) is 0 Å². The van der Waals surface area contributed by atoms with Crippen LogP contribution in [0.3, 0.4) is 0 Å². The van der Waals surface area contributed by atoms with Crippen molar-refractivity contribution in [3.63, 3.8) is 0 Å². The molecule has 0 aliphatic rings. The van der Waals surface area contributed by atoms with Crippen molar-refractivity contribution in [3.8, 4) is 0 Å². The van der Waals surface area contributed by atoms with Gasteiger partial charge < -0.3 is 4.57 Å². The molecule has 0 amide bonds. The zero-order valence-electron chi connectivity index (χ0n) is 9.40. The fourth-order valence-electron chi connectivity index (χ4n) is 1.52. The molecule has 0 spiro atoms. The van der Waals surface area contributed by atoms with Crippen molar-refractivity contribution in [1.29, 1.82) is 0 Å². The number of hydrogen-bond donors (Lipinski definition) is 0. The van der Waals surface area contributed by atoms with Crippen LogP contribution in [0.2, 0.25) is 0 Å². The summed E-state index contributed by atoms with van der Waals surface area (Å²) < 4.78 is 2.73. The minimum Gasteiger partial charge on any atom is -0.303 e. The van der Waals surface area contributed by atoms with Gasteiger partial charge >= 0.3 is 5.69 Å². The van der Waals surface area contributed by atoms with Crippen molar-refractivity contribution in [2.75, 3.05) is 0 Å². The molecule has 0 bridgehead atoms. The van der Waals surface area contributed by atoms with Crippen LogP contribution in [0.15, 0.2) is 21.9 Å². The molecule has 0 aliphatic carbocycles. The minimum absolute atomic E-state index is 0.199. The summed E-state index contributed by atoms with van der Waals surface area (Å²) in [6.07, 6.45) is 5.78. The monoisotopic (exact) mass is 210 g/mol. The van der Waals surface area contributed by atoms with Crippen LogP contribution in [0.25, 0.3) is 0 Å². The fourth-order valence-corrected chi connectivity index (χ4v) is 1.52. The van der Waals surface area contributed by atoms with Gasteiger partial charge in [-0.25, -0.2) is 4.79 Å². The quantitative estimate of drug-likeness (QED) is 0.684. The van der Waals surface area contributed by atoms with E-state index in [1.165, 1.54) is 21.4 Å². The lowest BCUT2D eigenvalue weighted by Crippen LogP contribution is -2.37. The van der Waals surface area contributed by atoms with Crippen molar-refractivity contribution in [1.82, 2.24) is 9.13 Å². The maximum absolute atomic E-state index is 11.6. The largest absolute Gasteiger partial charge is 0.330 e. The highest BCUT2D eigenvalue weighted by molar-refractivity contribution is 4.85. The maximum Gasteiger partial charge on any atom is 0.330 e. The topological polar surface area (TPSA) is 44.0 Å².